The standard InChI is InChI=1S/C105H65NO22/c107-95(108)64-54-80(90-85(55-64)119-101(124-90,69-32-11-1-12-33-69)70-34-13-2-14-35-70)114-96(109)65-56-81(91-86(60-65)120-102(125-91,71-36-15-3-16-37-71)72-38-17-4-18-39-72)115-97(110)66-57-82(92-87(61-66)121-103(126-92,73-40-19-5-20-41-73)74-42-21-6-22-43-74)116-98(111)67-58-83(93-88(62-67)122-104(127-93,75-44-23-7-24-45-75)76-46-25-8-26-47-76)117-99(112)68-59-84(118-100(113)79-52-31-53-106-79)94-89(63-68)123-105(128-94,77-48-27-9-28-49-77)78-50-29-10-30-51-78/h1-63,106H,(H,107,108). The minimum Gasteiger partial charge on any atom is -0.478 e. The van der Waals surface area contributed by atoms with E-state index in [-0.39, 0.29) is 108 Å². The minimum absolute atomic E-state index is 0.0235. The number of hydrogen-bond acceptors (Lipinski definition) is 21. The summed E-state index contributed by atoms with van der Waals surface area (Å²) < 4.78 is 101. The summed E-state index contributed by atoms with van der Waals surface area (Å²) in [5.74, 6) is -18.6. The average molecular weight is 1690 g/mol. The summed E-state index contributed by atoms with van der Waals surface area (Å²) in [5, 5.41) is 10.6. The highest BCUT2D eigenvalue weighted by Gasteiger charge is 2.54. The smallest absolute Gasteiger partial charge is 0.360 e. The van der Waals surface area contributed by atoms with E-state index >= 15 is 19.2 Å². The first-order chi connectivity index (χ1) is 62.6. The second-order valence-electron chi connectivity index (χ2n) is 30.1. The molecule has 0 atom stereocenters. The van der Waals surface area contributed by atoms with Crippen molar-refractivity contribution in [2.75, 3.05) is 0 Å². The Morgan fingerprint density at radius 2 is 0.391 bits per heavy atom. The van der Waals surface area contributed by atoms with Gasteiger partial charge in [-0.2, -0.15) is 0 Å². The summed E-state index contributed by atoms with van der Waals surface area (Å²) in [7, 11) is 0. The van der Waals surface area contributed by atoms with E-state index in [9.17, 15) is 14.7 Å². The number of esters is 5. The second kappa shape index (κ2) is 31.4. The van der Waals surface area contributed by atoms with Gasteiger partial charge in [0.05, 0.1) is 27.8 Å². The van der Waals surface area contributed by atoms with Gasteiger partial charge in [-0.3, -0.25) is 0 Å². The van der Waals surface area contributed by atoms with Crippen molar-refractivity contribution in [2.24, 2.45) is 0 Å². The molecule has 5 aliphatic rings. The lowest BCUT2D eigenvalue weighted by atomic mass is 9.97. The Bertz CT molecular complexity index is 6840. The molecule has 0 spiro atoms. The van der Waals surface area contributed by atoms with Gasteiger partial charge in [0.2, 0.25) is 28.7 Å². The number of nitrogens with one attached hydrogen (secondary N) is 1. The van der Waals surface area contributed by atoms with E-state index in [1.807, 2.05) is 109 Å². The van der Waals surface area contributed by atoms with E-state index in [0.29, 0.717) is 55.6 Å². The molecule has 1 aromatic heterocycles. The van der Waals surface area contributed by atoms with Crippen LogP contribution in [0.1, 0.15) is 118 Å². The number of fused-ring (bicyclic) bond motifs is 5. The molecule has 128 heavy (non-hydrogen) atoms. The summed E-state index contributed by atoms with van der Waals surface area (Å²) in [6.07, 6.45) is 1.55. The number of hydrogen-bond donors (Lipinski definition) is 2. The molecular formula is C105H65NO22. The van der Waals surface area contributed by atoms with Crippen LogP contribution in [-0.2, 0) is 28.9 Å². The summed E-state index contributed by atoms with van der Waals surface area (Å²) in [4.78, 5) is 93.0. The maximum Gasteiger partial charge on any atom is 0.360 e. The predicted molar refractivity (Wildman–Crippen MR) is 459 cm³/mol. The summed E-state index contributed by atoms with van der Waals surface area (Å²) in [5.41, 5.74) is 3.55. The lowest BCUT2D eigenvalue weighted by molar-refractivity contribution is -0.0470. The summed E-state index contributed by atoms with van der Waals surface area (Å²) in [6, 6.07) is 105. The zero-order valence-corrected chi connectivity index (χ0v) is 66.9. The van der Waals surface area contributed by atoms with Crippen LogP contribution in [0.25, 0.3) is 0 Å². The number of aromatic amines is 1. The summed E-state index contributed by atoms with van der Waals surface area (Å²) in [6.45, 7) is 0. The molecule has 5 aliphatic heterocycles. The van der Waals surface area contributed by atoms with Crippen LogP contribution in [0.2, 0.25) is 0 Å². The molecule has 0 saturated heterocycles. The minimum atomic E-state index is -1.85. The van der Waals surface area contributed by atoms with Crippen LogP contribution in [0.3, 0.4) is 0 Å². The van der Waals surface area contributed by atoms with E-state index in [1.54, 1.807) is 206 Å². The Morgan fingerprint density at radius 1 is 0.211 bits per heavy atom. The SMILES string of the molecule is O=C(O)c1cc(OC(=O)c2cc(OC(=O)c3cc(OC(=O)c4cc(OC(=O)c5cc(OC(=O)c6ccc[nH]6)c6c(c5)OC(c5ccccc5)(c5ccccc5)O6)c5c(c4)OC(c4ccccc4)(c4ccccc4)O5)c4c(c3)OC(c3ccccc3)(c3ccccc3)O4)c3c(c2)OC(c2ccccc2)(c2ccccc2)O3)c2c(c1)OC(c1ccccc1)(c1ccccc1)O2. The number of carboxylic acids is 1. The average Bonchev–Trinajstić information content (AvgIpc) is 1.60. The second-order valence-corrected chi connectivity index (χ2v) is 30.1. The Hall–Kier alpha value is -17.6. The number of H-pyrrole nitrogens is 1. The van der Waals surface area contributed by atoms with E-state index in [2.05, 4.69) is 4.98 Å². The van der Waals surface area contributed by atoms with Gasteiger partial charge >= 0.3 is 64.8 Å². The van der Waals surface area contributed by atoms with Gasteiger partial charge in [0.25, 0.3) is 0 Å². The third-order valence-corrected chi connectivity index (χ3v) is 22.2. The predicted octanol–water partition coefficient (Wildman–Crippen LogP) is 20.2. The molecule has 16 aromatic rings. The van der Waals surface area contributed by atoms with Gasteiger partial charge in [0.1, 0.15) is 5.69 Å². The first-order valence-electron chi connectivity index (χ1n) is 40.4. The van der Waals surface area contributed by atoms with E-state index in [1.165, 1.54) is 60.7 Å². The zero-order chi connectivity index (χ0) is 86.7. The lowest BCUT2D eigenvalue weighted by Crippen LogP contribution is -2.36. The maximum absolute atomic E-state index is 16.0. The monoisotopic (exact) mass is 1690 g/mol. The number of ether oxygens (including phenoxy) is 15. The van der Waals surface area contributed by atoms with Crippen molar-refractivity contribution >= 4 is 35.8 Å². The van der Waals surface area contributed by atoms with Crippen LogP contribution in [0.5, 0.6) is 86.2 Å². The number of carboxylic acid groups (broad SMARTS) is 1. The van der Waals surface area contributed by atoms with Gasteiger partial charge in [-0.15, -0.1) is 0 Å². The normalized spacial score (nSPS) is 14.6. The van der Waals surface area contributed by atoms with Gasteiger partial charge in [-0.25, -0.2) is 28.8 Å². The number of carbonyl (C=O) groups excluding carboxylic acids is 5. The Balaban J connectivity index is 0.680. The topological polar surface area (TPSA) is 277 Å². The van der Waals surface area contributed by atoms with Gasteiger partial charge in [-0.05, 0) is 72.8 Å². The van der Waals surface area contributed by atoms with Crippen molar-refractivity contribution in [3.05, 3.63) is 471 Å². The first kappa shape index (κ1) is 77.7. The fraction of sp³-hybridized carbons (Fsp3) is 0.0476. The summed E-state index contributed by atoms with van der Waals surface area (Å²) >= 11 is 0. The molecule has 0 bridgehead atoms. The third kappa shape index (κ3) is 13.6. The molecule has 0 saturated carbocycles. The van der Waals surface area contributed by atoms with Gasteiger partial charge < -0.3 is 81.1 Å². The molecule has 0 fully saturated rings. The van der Waals surface area contributed by atoms with Crippen LogP contribution < -0.4 is 71.1 Å². The molecule has 622 valence electrons. The fourth-order valence-corrected chi connectivity index (χ4v) is 16.2. The highest BCUT2D eigenvalue weighted by Crippen LogP contribution is 2.60. The van der Waals surface area contributed by atoms with Crippen LogP contribution >= 0.6 is 0 Å². The Labute approximate surface area is 728 Å². The van der Waals surface area contributed by atoms with E-state index < -0.39 is 76.3 Å². The quantitative estimate of drug-likeness (QED) is 0.0499. The zero-order valence-electron chi connectivity index (χ0n) is 66.9. The molecule has 23 nitrogen and oxygen atoms in total. The van der Waals surface area contributed by atoms with Gasteiger partial charge in [-0.1, -0.05) is 303 Å². The van der Waals surface area contributed by atoms with Crippen molar-refractivity contribution in [3.63, 3.8) is 0 Å². The molecule has 6 heterocycles. The number of aromatic carboxylic acids is 1. The van der Waals surface area contributed by atoms with Gasteiger partial charge in [0.15, 0.2) is 57.5 Å². The van der Waals surface area contributed by atoms with Crippen LogP contribution in [0, 0.1) is 0 Å². The Morgan fingerprint density at radius 3 is 0.570 bits per heavy atom. The third-order valence-electron chi connectivity index (χ3n) is 22.2. The first-order valence-corrected chi connectivity index (χ1v) is 40.4. The molecule has 2 N–H and O–H groups in total. The lowest BCUT2D eigenvalue weighted by Gasteiger charge is -2.28. The number of aromatic nitrogens is 1. The highest BCUT2D eigenvalue weighted by atomic mass is 16.8. The number of rotatable bonds is 21. The van der Waals surface area contributed by atoms with Crippen LogP contribution in [-0.4, -0.2) is 45.9 Å². The van der Waals surface area contributed by atoms with Gasteiger partial charge in [0, 0.05) is 61.8 Å². The van der Waals surface area contributed by atoms with Crippen LogP contribution in [0.4, 0.5) is 0 Å². The molecule has 15 aromatic carbocycles. The molecule has 23 heteroatoms. The molecule has 0 aliphatic carbocycles. The van der Waals surface area contributed by atoms with Crippen molar-refractivity contribution in [1.29, 1.82) is 0 Å². The Kier molecular flexibility index (Phi) is 19.0. The van der Waals surface area contributed by atoms with Crippen LogP contribution in [0.15, 0.2) is 382 Å². The molecule has 0 amide bonds. The number of benzene rings is 15. The fourth-order valence-electron chi connectivity index (χ4n) is 16.2. The molecule has 0 unspecified atom stereocenters. The van der Waals surface area contributed by atoms with E-state index in [0.717, 1.165) is 6.07 Å². The molecular weight excluding hydrogens is 1630 g/mol. The largest absolute Gasteiger partial charge is 0.478 e. The highest BCUT2D eigenvalue weighted by molar-refractivity contribution is 6.00. The van der Waals surface area contributed by atoms with Crippen molar-refractivity contribution in [3.8, 4) is 86.2 Å². The van der Waals surface area contributed by atoms with E-state index in [4.69, 9.17) is 71.1 Å². The molecule has 0 radical (unpaired) electrons. The molecule has 21 rings (SSSR count). The number of carbonyl (C=O) groups is 6. The maximum atomic E-state index is 16.0. The van der Waals surface area contributed by atoms with Crippen molar-refractivity contribution in [1.82, 2.24) is 4.98 Å². The van der Waals surface area contributed by atoms with Crippen molar-refractivity contribution in [2.45, 2.75) is 28.9 Å². The van der Waals surface area contributed by atoms with Crippen molar-refractivity contribution < 1.29 is 105 Å².